The van der Waals surface area contributed by atoms with Gasteiger partial charge >= 0.3 is 0 Å². The van der Waals surface area contributed by atoms with Crippen molar-refractivity contribution in [2.75, 3.05) is 40.3 Å². The van der Waals surface area contributed by atoms with Crippen LogP contribution in [0.25, 0.3) is 0 Å². The Morgan fingerprint density at radius 3 is 2.61 bits per heavy atom. The predicted molar refractivity (Wildman–Crippen MR) is 79.8 cm³/mol. The molecular weight excluding hydrogens is 222 g/mol. The van der Waals surface area contributed by atoms with Gasteiger partial charge in [0.25, 0.3) is 0 Å². The first kappa shape index (κ1) is 15.9. The van der Waals surface area contributed by atoms with Crippen molar-refractivity contribution in [3.8, 4) is 0 Å². The number of likely N-dealkylation sites (tertiary alicyclic amines) is 1. The van der Waals surface area contributed by atoms with E-state index in [0.29, 0.717) is 5.41 Å². The molecule has 0 bridgehead atoms. The molecule has 1 aliphatic heterocycles. The number of hydrogen-bond acceptors (Lipinski definition) is 3. The molecule has 3 heteroatoms. The molecule has 1 fully saturated rings. The minimum absolute atomic E-state index is 0.324. The van der Waals surface area contributed by atoms with Crippen LogP contribution in [0.1, 0.15) is 46.0 Å². The Hall–Kier alpha value is -0.120. The van der Waals surface area contributed by atoms with E-state index in [4.69, 9.17) is 5.73 Å². The standard InChI is InChI=1S/C15H33N3/c1-15(2,13-16)9-5-6-10-17(3)12-14-8-7-11-18(14)4/h14H,5-13,16H2,1-4H3. The van der Waals surface area contributed by atoms with Crippen LogP contribution >= 0.6 is 0 Å². The Morgan fingerprint density at radius 1 is 1.33 bits per heavy atom. The van der Waals surface area contributed by atoms with Gasteiger partial charge in [-0.25, -0.2) is 0 Å². The van der Waals surface area contributed by atoms with Crippen LogP contribution in [-0.4, -0.2) is 56.1 Å². The van der Waals surface area contributed by atoms with Crippen LogP contribution in [0.5, 0.6) is 0 Å². The molecule has 0 aromatic carbocycles. The largest absolute Gasteiger partial charge is 0.330 e. The van der Waals surface area contributed by atoms with Gasteiger partial charge in [-0.15, -0.1) is 0 Å². The van der Waals surface area contributed by atoms with Crippen LogP contribution in [0, 0.1) is 5.41 Å². The van der Waals surface area contributed by atoms with E-state index in [2.05, 4.69) is 37.7 Å². The molecule has 0 saturated carbocycles. The van der Waals surface area contributed by atoms with E-state index in [1.54, 1.807) is 0 Å². The summed E-state index contributed by atoms with van der Waals surface area (Å²) in [5, 5.41) is 0. The molecule has 1 aliphatic rings. The first-order valence-electron chi connectivity index (χ1n) is 7.53. The van der Waals surface area contributed by atoms with Gasteiger partial charge in [-0.3, -0.25) is 0 Å². The fraction of sp³-hybridized carbons (Fsp3) is 1.00. The third kappa shape index (κ3) is 5.68. The van der Waals surface area contributed by atoms with E-state index < -0.39 is 0 Å². The smallest absolute Gasteiger partial charge is 0.0220 e. The molecule has 2 N–H and O–H groups in total. The van der Waals surface area contributed by atoms with Crippen LogP contribution in [0.4, 0.5) is 0 Å². The summed E-state index contributed by atoms with van der Waals surface area (Å²) in [4.78, 5) is 5.01. The first-order chi connectivity index (χ1) is 8.44. The van der Waals surface area contributed by atoms with Crippen molar-refractivity contribution >= 4 is 0 Å². The van der Waals surface area contributed by atoms with Gasteiger partial charge < -0.3 is 15.5 Å². The van der Waals surface area contributed by atoms with E-state index in [9.17, 15) is 0 Å². The molecule has 1 atom stereocenters. The number of likely N-dealkylation sites (N-methyl/N-ethyl adjacent to an activating group) is 2. The number of nitrogens with two attached hydrogens (primary N) is 1. The molecule has 1 heterocycles. The van der Waals surface area contributed by atoms with Gasteiger partial charge in [-0.2, -0.15) is 0 Å². The Balaban J connectivity index is 2.08. The number of rotatable bonds is 8. The second-order valence-corrected chi connectivity index (χ2v) is 6.86. The van der Waals surface area contributed by atoms with Gasteiger partial charge in [0, 0.05) is 12.6 Å². The van der Waals surface area contributed by atoms with Crippen LogP contribution < -0.4 is 5.73 Å². The Kier molecular flexibility index (Phi) is 6.61. The highest BCUT2D eigenvalue weighted by molar-refractivity contribution is 4.78. The van der Waals surface area contributed by atoms with Gasteiger partial charge in [-0.05, 0) is 64.8 Å². The maximum absolute atomic E-state index is 5.76. The molecule has 0 spiro atoms. The topological polar surface area (TPSA) is 32.5 Å². The van der Waals surface area contributed by atoms with Gasteiger partial charge in [0.1, 0.15) is 0 Å². The molecule has 0 aliphatic carbocycles. The van der Waals surface area contributed by atoms with Crippen LogP contribution in [0.3, 0.4) is 0 Å². The molecule has 1 saturated heterocycles. The average Bonchev–Trinajstić information content (AvgIpc) is 2.71. The fourth-order valence-corrected chi connectivity index (χ4v) is 2.75. The maximum Gasteiger partial charge on any atom is 0.0220 e. The maximum atomic E-state index is 5.76. The summed E-state index contributed by atoms with van der Waals surface area (Å²) in [6, 6.07) is 0.787. The Morgan fingerprint density at radius 2 is 2.06 bits per heavy atom. The molecule has 0 aromatic rings. The van der Waals surface area contributed by atoms with E-state index in [1.165, 1.54) is 51.7 Å². The first-order valence-corrected chi connectivity index (χ1v) is 7.53. The Bertz CT molecular complexity index is 228. The minimum atomic E-state index is 0.324. The number of hydrogen-bond donors (Lipinski definition) is 1. The molecule has 18 heavy (non-hydrogen) atoms. The van der Waals surface area contributed by atoms with Crippen molar-refractivity contribution in [2.24, 2.45) is 11.1 Å². The zero-order valence-electron chi connectivity index (χ0n) is 12.9. The fourth-order valence-electron chi connectivity index (χ4n) is 2.75. The molecule has 1 rings (SSSR count). The molecule has 3 nitrogen and oxygen atoms in total. The quantitative estimate of drug-likeness (QED) is 0.675. The Labute approximate surface area is 114 Å². The summed E-state index contributed by atoms with van der Waals surface area (Å²) >= 11 is 0. The van der Waals surface area contributed by atoms with Crippen molar-refractivity contribution in [2.45, 2.75) is 52.0 Å². The van der Waals surface area contributed by atoms with Gasteiger partial charge in [0.15, 0.2) is 0 Å². The zero-order valence-corrected chi connectivity index (χ0v) is 12.9. The van der Waals surface area contributed by atoms with Crippen molar-refractivity contribution < 1.29 is 0 Å². The lowest BCUT2D eigenvalue weighted by molar-refractivity contribution is 0.214. The molecule has 0 radical (unpaired) electrons. The van der Waals surface area contributed by atoms with Crippen molar-refractivity contribution in [1.82, 2.24) is 9.80 Å². The highest BCUT2D eigenvalue weighted by Crippen LogP contribution is 2.21. The summed E-state index contributed by atoms with van der Waals surface area (Å²) in [6.07, 6.45) is 6.60. The van der Waals surface area contributed by atoms with Gasteiger partial charge in [-0.1, -0.05) is 20.3 Å². The predicted octanol–water partition coefficient (Wildman–Crippen LogP) is 2.17. The summed E-state index contributed by atoms with van der Waals surface area (Å²) in [7, 11) is 4.52. The second-order valence-electron chi connectivity index (χ2n) is 6.86. The number of unbranched alkanes of at least 4 members (excludes halogenated alkanes) is 1. The zero-order chi connectivity index (χ0) is 13.6. The summed E-state index contributed by atoms with van der Waals surface area (Å²) in [5.41, 5.74) is 6.08. The second kappa shape index (κ2) is 7.46. The molecule has 108 valence electrons. The van der Waals surface area contributed by atoms with Gasteiger partial charge in [0.05, 0.1) is 0 Å². The lowest BCUT2D eigenvalue weighted by Crippen LogP contribution is -2.37. The summed E-state index contributed by atoms with van der Waals surface area (Å²) in [6.45, 7) is 9.08. The highest BCUT2D eigenvalue weighted by atomic mass is 15.2. The summed E-state index contributed by atoms with van der Waals surface area (Å²) in [5.74, 6) is 0. The third-order valence-electron chi connectivity index (χ3n) is 4.39. The molecule has 0 amide bonds. The monoisotopic (exact) mass is 255 g/mol. The van der Waals surface area contributed by atoms with Crippen molar-refractivity contribution in [1.29, 1.82) is 0 Å². The van der Waals surface area contributed by atoms with E-state index in [-0.39, 0.29) is 0 Å². The molecular formula is C15H33N3. The lowest BCUT2D eigenvalue weighted by atomic mass is 9.87. The van der Waals surface area contributed by atoms with E-state index in [0.717, 1.165) is 12.6 Å². The SMILES string of the molecule is CN(CCCCC(C)(C)CN)CC1CCCN1C. The normalized spacial score (nSPS) is 22.0. The summed E-state index contributed by atoms with van der Waals surface area (Å²) < 4.78 is 0. The lowest BCUT2D eigenvalue weighted by Gasteiger charge is -2.26. The van der Waals surface area contributed by atoms with Crippen LogP contribution in [0.2, 0.25) is 0 Å². The highest BCUT2D eigenvalue weighted by Gasteiger charge is 2.21. The average molecular weight is 255 g/mol. The third-order valence-corrected chi connectivity index (χ3v) is 4.39. The van der Waals surface area contributed by atoms with E-state index >= 15 is 0 Å². The van der Waals surface area contributed by atoms with Crippen LogP contribution in [0.15, 0.2) is 0 Å². The van der Waals surface area contributed by atoms with Crippen molar-refractivity contribution in [3.63, 3.8) is 0 Å². The molecule has 0 aromatic heterocycles. The van der Waals surface area contributed by atoms with E-state index in [1.807, 2.05) is 0 Å². The van der Waals surface area contributed by atoms with Crippen LogP contribution in [-0.2, 0) is 0 Å². The number of nitrogens with zero attached hydrogens (tertiary/aromatic N) is 2. The van der Waals surface area contributed by atoms with Crippen molar-refractivity contribution in [3.05, 3.63) is 0 Å². The minimum Gasteiger partial charge on any atom is -0.330 e. The van der Waals surface area contributed by atoms with Gasteiger partial charge in [0.2, 0.25) is 0 Å². The molecule has 1 unspecified atom stereocenters.